The van der Waals surface area contributed by atoms with E-state index in [0.29, 0.717) is 0 Å². The molecule has 70 valence electrons. The van der Waals surface area contributed by atoms with Crippen molar-refractivity contribution >= 4 is 29.2 Å². The molecular formula is C11H15BrSi. The second-order valence-corrected chi connectivity index (χ2v) is 10.7. The third kappa shape index (κ3) is 1.62. The fourth-order valence-corrected chi connectivity index (χ4v) is 5.36. The van der Waals surface area contributed by atoms with Crippen molar-refractivity contribution in [3.63, 3.8) is 0 Å². The predicted octanol–water partition coefficient (Wildman–Crippen LogP) is 3.09. The molecule has 0 bridgehead atoms. The monoisotopic (exact) mass is 254 g/mol. The minimum absolute atomic E-state index is 1.15. The van der Waals surface area contributed by atoms with Gasteiger partial charge in [0.05, 0.1) is 8.07 Å². The van der Waals surface area contributed by atoms with Gasteiger partial charge in [-0.2, -0.15) is 0 Å². The Morgan fingerprint density at radius 2 is 1.62 bits per heavy atom. The van der Waals surface area contributed by atoms with Crippen LogP contribution >= 0.6 is 15.9 Å². The Labute approximate surface area is 89.5 Å². The molecule has 1 aliphatic carbocycles. The van der Waals surface area contributed by atoms with Gasteiger partial charge in [0.2, 0.25) is 0 Å². The Kier molecular flexibility index (Phi) is 2.15. The summed E-state index contributed by atoms with van der Waals surface area (Å²) in [7, 11) is -1.15. The zero-order chi connectivity index (χ0) is 9.64. The van der Waals surface area contributed by atoms with Crippen LogP contribution in [0.5, 0.6) is 0 Å². The molecule has 0 radical (unpaired) electrons. The first-order valence-electron chi connectivity index (χ1n) is 4.80. The molecule has 13 heavy (non-hydrogen) atoms. The van der Waals surface area contributed by atoms with Gasteiger partial charge < -0.3 is 0 Å². The molecule has 0 nitrogen and oxygen atoms in total. The van der Waals surface area contributed by atoms with Crippen molar-refractivity contribution in [2.75, 3.05) is 0 Å². The topological polar surface area (TPSA) is 0 Å². The van der Waals surface area contributed by atoms with Crippen LogP contribution in [-0.2, 0) is 12.8 Å². The highest BCUT2D eigenvalue weighted by Gasteiger charge is 2.23. The largest absolute Gasteiger partial charge is 0.0790 e. The van der Waals surface area contributed by atoms with E-state index in [1.165, 1.54) is 17.3 Å². The van der Waals surface area contributed by atoms with E-state index in [-0.39, 0.29) is 0 Å². The summed E-state index contributed by atoms with van der Waals surface area (Å²) in [6, 6.07) is 4.75. The minimum Gasteiger partial charge on any atom is -0.0656 e. The summed E-state index contributed by atoms with van der Waals surface area (Å²) in [5, 5.41) is 1.57. The second kappa shape index (κ2) is 2.96. The lowest BCUT2D eigenvalue weighted by molar-refractivity contribution is 0.840. The summed E-state index contributed by atoms with van der Waals surface area (Å²) in [5.74, 6) is 0. The van der Waals surface area contributed by atoms with Crippen molar-refractivity contribution in [3.05, 3.63) is 27.7 Å². The first-order valence-corrected chi connectivity index (χ1v) is 9.09. The number of hydrogen-bond donors (Lipinski definition) is 0. The first kappa shape index (κ1) is 9.47. The van der Waals surface area contributed by atoms with E-state index >= 15 is 0 Å². The number of fused-ring (bicyclic) bond motifs is 1. The van der Waals surface area contributed by atoms with Crippen LogP contribution < -0.4 is 5.19 Å². The van der Waals surface area contributed by atoms with Gasteiger partial charge in [0.15, 0.2) is 0 Å². The van der Waals surface area contributed by atoms with Crippen molar-refractivity contribution in [1.82, 2.24) is 0 Å². The third-order valence-electron chi connectivity index (χ3n) is 2.76. The number of rotatable bonds is 1. The molecule has 0 N–H and O–H groups in total. The highest BCUT2D eigenvalue weighted by Crippen LogP contribution is 2.26. The average molecular weight is 255 g/mol. The van der Waals surface area contributed by atoms with Crippen LogP contribution in [-0.4, -0.2) is 8.07 Å². The van der Waals surface area contributed by atoms with Gasteiger partial charge in [0, 0.05) is 4.47 Å². The third-order valence-corrected chi connectivity index (χ3v) is 5.81. The van der Waals surface area contributed by atoms with Crippen molar-refractivity contribution in [1.29, 1.82) is 0 Å². The van der Waals surface area contributed by atoms with Gasteiger partial charge in [-0.05, 0) is 35.2 Å². The summed E-state index contributed by atoms with van der Waals surface area (Å²) in [5.41, 5.74) is 3.13. The maximum atomic E-state index is 3.69. The molecule has 2 heteroatoms. The molecule has 0 atom stereocenters. The minimum atomic E-state index is -1.15. The lowest BCUT2D eigenvalue weighted by Crippen LogP contribution is -2.39. The highest BCUT2D eigenvalue weighted by atomic mass is 79.9. The number of hydrogen-bond acceptors (Lipinski definition) is 0. The molecular weight excluding hydrogens is 240 g/mol. The molecule has 2 rings (SSSR count). The van der Waals surface area contributed by atoms with Gasteiger partial charge >= 0.3 is 0 Å². The van der Waals surface area contributed by atoms with E-state index in [9.17, 15) is 0 Å². The van der Waals surface area contributed by atoms with E-state index in [0.717, 1.165) is 0 Å². The van der Waals surface area contributed by atoms with Gasteiger partial charge in [0.1, 0.15) is 0 Å². The lowest BCUT2D eigenvalue weighted by Gasteiger charge is -2.25. The normalized spacial score (nSPS) is 15.1. The van der Waals surface area contributed by atoms with Crippen molar-refractivity contribution < 1.29 is 0 Å². The first-order chi connectivity index (χ1) is 5.98. The van der Waals surface area contributed by atoms with Crippen LogP contribution in [0.25, 0.3) is 0 Å². The van der Waals surface area contributed by atoms with Crippen molar-refractivity contribution in [2.45, 2.75) is 32.5 Å². The molecule has 1 aliphatic rings. The molecule has 0 saturated carbocycles. The molecule has 0 aromatic heterocycles. The standard InChI is InChI=1S/C11H15BrSi/c1-13(2,3)11-7-9-5-4-8(9)6-10(11)12/h6-7H,4-5H2,1-3H3. The van der Waals surface area contributed by atoms with E-state index in [1.807, 2.05) is 0 Å². The van der Waals surface area contributed by atoms with Gasteiger partial charge in [0.25, 0.3) is 0 Å². The smallest absolute Gasteiger partial charge is 0.0656 e. The molecule has 1 aromatic rings. The summed E-state index contributed by atoms with van der Waals surface area (Å²) < 4.78 is 1.34. The molecule has 0 heterocycles. The van der Waals surface area contributed by atoms with Crippen LogP contribution in [0.3, 0.4) is 0 Å². The predicted molar refractivity (Wildman–Crippen MR) is 64.5 cm³/mol. The number of benzene rings is 1. The van der Waals surface area contributed by atoms with Crippen molar-refractivity contribution in [3.8, 4) is 0 Å². The molecule has 0 spiro atoms. The van der Waals surface area contributed by atoms with E-state index in [1.54, 1.807) is 16.3 Å². The van der Waals surface area contributed by atoms with E-state index < -0.39 is 8.07 Å². The Morgan fingerprint density at radius 3 is 2.08 bits per heavy atom. The lowest BCUT2D eigenvalue weighted by atomic mass is 9.89. The Bertz CT molecular complexity index is 350. The Balaban J connectivity index is 2.53. The molecule has 0 saturated heterocycles. The molecule has 0 amide bonds. The van der Waals surface area contributed by atoms with Crippen LogP contribution in [0.15, 0.2) is 16.6 Å². The SMILES string of the molecule is C[Si](C)(C)c1cc2c(cc1Br)CC2. The number of aryl methyl sites for hydroxylation is 2. The fraction of sp³-hybridized carbons (Fsp3) is 0.455. The molecule has 1 aromatic carbocycles. The Hall–Kier alpha value is -0.0831. The fourth-order valence-electron chi connectivity index (χ4n) is 1.79. The van der Waals surface area contributed by atoms with E-state index in [2.05, 4.69) is 47.7 Å². The molecule has 0 unspecified atom stereocenters. The van der Waals surface area contributed by atoms with Gasteiger partial charge in [-0.15, -0.1) is 0 Å². The van der Waals surface area contributed by atoms with Gasteiger partial charge in [-0.1, -0.05) is 41.6 Å². The van der Waals surface area contributed by atoms with Crippen LogP contribution in [0, 0.1) is 0 Å². The van der Waals surface area contributed by atoms with E-state index in [4.69, 9.17) is 0 Å². The summed E-state index contributed by atoms with van der Waals surface area (Å²) in [6.07, 6.45) is 2.57. The Morgan fingerprint density at radius 1 is 1.08 bits per heavy atom. The zero-order valence-electron chi connectivity index (χ0n) is 8.45. The second-order valence-electron chi connectivity index (χ2n) is 4.85. The quantitative estimate of drug-likeness (QED) is 0.676. The maximum Gasteiger partial charge on any atom is 0.0790 e. The average Bonchev–Trinajstić information content (AvgIpc) is 1.94. The van der Waals surface area contributed by atoms with Gasteiger partial charge in [-0.25, -0.2) is 0 Å². The van der Waals surface area contributed by atoms with Crippen molar-refractivity contribution in [2.24, 2.45) is 0 Å². The van der Waals surface area contributed by atoms with Crippen LogP contribution in [0.1, 0.15) is 11.1 Å². The molecule has 0 aliphatic heterocycles. The van der Waals surface area contributed by atoms with Crippen LogP contribution in [0.2, 0.25) is 19.6 Å². The summed E-state index contributed by atoms with van der Waals surface area (Å²) >= 11 is 3.69. The summed E-state index contributed by atoms with van der Waals surface area (Å²) in [6.45, 7) is 7.20. The highest BCUT2D eigenvalue weighted by molar-refractivity contribution is 9.10. The summed E-state index contributed by atoms with van der Waals surface area (Å²) in [4.78, 5) is 0. The number of halogens is 1. The zero-order valence-corrected chi connectivity index (χ0v) is 11.0. The maximum absolute atomic E-state index is 3.69. The van der Waals surface area contributed by atoms with Gasteiger partial charge in [-0.3, -0.25) is 0 Å². The van der Waals surface area contributed by atoms with Crippen LogP contribution in [0.4, 0.5) is 0 Å². The molecule has 0 fully saturated rings.